The van der Waals surface area contributed by atoms with Crippen molar-refractivity contribution in [3.05, 3.63) is 41.8 Å². The minimum Gasteiger partial charge on any atom is -0.494 e. The quantitative estimate of drug-likeness (QED) is 0.809. The van der Waals surface area contributed by atoms with Gasteiger partial charge < -0.3 is 19.3 Å². The van der Waals surface area contributed by atoms with E-state index in [0.29, 0.717) is 31.6 Å². The lowest BCUT2D eigenvalue weighted by atomic mass is 10.3. The minimum atomic E-state index is 0.351. The van der Waals surface area contributed by atoms with E-state index in [0.717, 1.165) is 17.2 Å². The zero-order chi connectivity index (χ0) is 15.1. The molecule has 1 aromatic carbocycles. The third kappa shape index (κ3) is 5.11. The van der Waals surface area contributed by atoms with Gasteiger partial charge in [0.05, 0.1) is 12.3 Å². The monoisotopic (exact) mass is 290 g/mol. The van der Waals surface area contributed by atoms with E-state index in [1.165, 1.54) is 0 Å². The van der Waals surface area contributed by atoms with E-state index in [4.69, 9.17) is 14.0 Å². The van der Waals surface area contributed by atoms with Gasteiger partial charge in [0.15, 0.2) is 5.76 Å². The van der Waals surface area contributed by atoms with Crippen molar-refractivity contribution in [2.75, 3.05) is 6.61 Å². The first-order valence-corrected chi connectivity index (χ1v) is 7.21. The zero-order valence-corrected chi connectivity index (χ0v) is 12.8. The maximum absolute atomic E-state index is 5.68. The molecule has 0 bridgehead atoms. The van der Waals surface area contributed by atoms with Crippen molar-refractivity contribution in [2.24, 2.45) is 0 Å². The topological polar surface area (TPSA) is 56.5 Å². The smallest absolute Gasteiger partial charge is 0.174 e. The van der Waals surface area contributed by atoms with Crippen molar-refractivity contribution in [3.63, 3.8) is 0 Å². The van der Waals surface area contributed by atoms with Crippen LogP contribution in [0.1, 0.15) is 32.2 Å². The summed E-state index contributed by atoms with van der Waals surface area (Å²) in [4.78, 5) is 0. The fraction of sp³-hybridized carbons (Fsp3) is 0.438. The SMILES string of the molecule is CCOc1cccc(OCc2cc(CNC(C)C)no2)c1. The van der Waals surface area contributed by atoms with Gasteiger partial charge >= 0.3 is 0 Å². The lowest BCUT2D eigenvalue weighted by Gasteiger charge is -2.06. The van der Waals surface area contributed by atoms with E-state index in [2.05, 4.69) is 24.3 Å². The molecular formula is C16H22N2O3. The van der Waals surface area contributed by atoms with Gasteiger partial charge in [-0.1, -0.05) is 25.1 Å². The molecule has 1 heterocycles. The predicted octanol–water partition coefficient (Wildman–Crippen LogP) is 3.15. The van der Waals surface area contributed by atoms with Gasteiger partial charge in [0.1, 0.15) is 18.1 Å². The van der Waals surface area contributed by atoms with E-state index < -0.39 is 0 Å². The summed E-state index contributed by atoms with van der Waals surface area (Å²) in [5, 5.41) is 7.30. The Morgan fingerprint density at radius 1 is 1.19 bits per heavy atom. The van der Waals surface area contributed by atoms with Crippen LogP contribution in [-0.4, -0.2) is 17.8 Å². The molecule has 0 fully saturated rings. The number of nitrogens with one attached hydrogen (secondary N) is 1. The van der Waals surface area contributed by atoms with Crippen LogP contribution in [-0.2, 0) is 13.2 Å². The fourth-order valence-corrected chi connectivity index (χ4v) is 1.79. The number of rotatable bonds is 8. The maximum Gasteiger partial charge on any atom is 0.174 e. The van der Waals surface area contributed by atoms with Gasteiger partial charge in [0, 0.05) is 24.7 Å². The summed E-state index contributed by atoms with van der Waals surface area (Å²) in [6, 6.07) is 9.88. The van der Waals surface area contributed by atoms with Crippen molar-refractivity contribution in [1.29, 1.82) is 0 Å². The zero-order valence-electron chi connectivity index (χ0n) is 12.8. The van der Waals surface area contributed by atoms with Gasteiger partial charge in [-0.15, -0.1) is 0 Å². The molecule has 0 spiro atoms. The minimum absolute atomic E-state index is 0.351. The second-order valence-electron chi connectivity index (χ2n) is 5.02. The second kappa shape index (κ2) is 7.69. The molecule has 1 aromatic heterocycles. The largest absolute Gasteiger partial charge is 0.494 e. The van der Waals surface area contributed by atoms with E-state index in [9.17, 15) is 0 Å². The van der Waals surface area contributed by atoms with Crippen molar-refractivity contribution < 1.29 is 14.0 Å². The molecule has 0 atom stereocenters. The van der Waals surface area contributed by atoms with E-state index in [1.54, 1.807) is 0 Å². The lowest BCUT2D eigenvalue weighted by Crippen LogP contribution is -2.21. The standard InChI is InChI=1S/C16H22N2O3/c1-4-19-14-6-5-7-15(9-14)20-11-16-8-13(18-21-16)10-17-12(2)3/h5-9,12,17H,4,10-11H2,1-3H3. The van der Waals surface area contributed by atoms with Crippen LogP contribution >= 0.6 is 0 Å². The number of ether oxygens (including phenoxy) is 2. The molecule has 1 N–H and O–H groups in total. The molecule has 0 aliphatic rings. The third-order valence-electron chi connectivity index (χ3n) is 2.80. The van der Waals surface area contributed by atoms with Gasteiger partial charge in [0.25, 0.3) is 0 Å². The summed E-state index contributed by atoms with van der Waals surface area (Å²) in [6.07, 6.45) is 0. The molecule has 0 radical (unpaired) electrons. The molecule has 2 aromatic rings. The summed E-state index contributed by atoms with van der Waals surface area (Å²) in [7, 11) is 0. The highest BCUT2D eigenvalue weighted by Crippen LogP contribution is 2.20. The van der Waals surface area contributed by atoms with Crippen LogP contribution in [0, 0.1) is 0 Å². The second-order valence-corrected chi connectivity index (χ2v) is 5.02. The van der Waals surface area contributed by atoms with Gasteiger partial charge in [-0.05, 0) is 19.1 Å². The lowest BCUT2D eigenvalue weighted by molar-refractivity contribution is 0.246. The van der Waals surface area contributed by atoms with Crippen molar-refractivity contribution >= 4 is 0 Å². The fourth-order valence-electron chi connectivity index (χ4n) is 1.79. The third-order valence-corrected chi connectivity index (χ3v) is 2.80. The van der Waals surface area contributed by atoms with Gasteiger partial charge in [-0.3, -0.25) is 0 Å². The molecule has 0 aliphatic heterocycles. The average Bonchev–Trinajstić information content (AvgIpc) is 2.92. The Kier molecular flexibility index (Phi) is 5.63. The first kappa shape index (κ1) is 15.4. The summed E-state index contributed by atoms with van der Waals surface area (Å²) < 4.78 is 16.4. The molecule has 0 saturated heterocycles. The Morgan fingerprint density at radius 2 is 1.95 bits per heavy atom. The van der Waals surface area contributed by atoms with Crippen molar-refractivity contribution in [3.8, 4) is 11.5 Å². The first-order chi connectivity index (χ1) is 10.2. The Morgan fingerprint density at radius 3 is 2.67 bits per heavy atom. The van der Waals surface area contributed by atoms with Crippen molar-refractivity contribution in [1.82, 2.24) is 10.5 Å². The van der Waals surface area contributed by atoms with Crippen LogP contribution < -0.4 is 14.8 Å². The summed E-state index contributed by atoms with van der Waals surface area (Å²) in [6.45, 7) is 7.82. The summed E-state index contributed by atoms with van der Waals surface area (Å²) in [5.41, 5.74) is 0.880. The number of aromatic nitrogens is 1. The number of benzene rings is 1. The number of hydrogen-bond acceptors (Lipinski definition) is 5. The Balaban J connectivity index is 1.86. The highest BCUT2D eigenvalue weighted by Gasteiger charge is 2.06. The molecule has 0 aliphatic carbocycles. The van der Waals surface area contributed by atoms with Crippen LogP contribution in [0.25, 0.3) is 0 Å². The molecule has 0 saturated carbocycles. The van der Waals surface area contributed by atoms with E-state index in [1.807, 2.05) is 37.3 Å². The van der Waals surface area contributed by atoms with Crippen molar-refractivity contribution in [2.45, 2.75) is 40.0 Å². The van der Waals surface area contributed by atoms with Crippen LogP contribution in [0.5, 0.6) is 11.5 Å². The van der Waals surface area contributed by atoms with Gasteiger partial charge in [-0.25, -0.2) is 0 Å². The molecule has 0 amide bonds. The molecule has 114 valence electrons. The highest BCUT2D eigenvalue weighted by molar-refractivity contribution is 5.33. The average molecular weight is 290 g/mol. The normalized spacial score (nSPS) is 10.9. The van der Waals surface area contributed by atoms with Gasteiger partial charge in [-0.2, -0.15) is 0 Å². The van der Waals surface area contributed by atoms with Gasteiger partial charge in [0.2, 0.25) is 0 Å². The van der Waals surface area contributed by atoms with E-state index in [-0.39, 0.29) is 0 Å². The Labute approximate surface area is 125 Å². The molecule has 2 rings (SSSR count). The van der Waals surface area contributed by atoms with E-state index >= 15 is 0 Å². The molecule has 0 unspecified atom stereocenters. The molecule has 21 heavy (non-hydrogen) atoms. The number of hydrogen-bond donors (Lipinski definition) is 1. The molecular weight excluding hydrogens is 268 g/mol. The van der Waals surface area contributed by atoms with Crippen LogP contribution in [0.2, 0.25) is 0 Å². The summed E-state index contributed by atoms with van der Waals surface area (Å²) in [5.74, 6) is 2.26. The Hall–Kier alpha value is -2.01. The molecule has 5 heteroatoms. The predicted molar refractivity (Wildman–Crippen MR) is 80.4 cm³/mol. The molecule has 5 nitrogen and oxygen atoms in total. The van der Waals surface area contributed by atoms with Crippen LogP contribution in [0.3, 0.4) is 0 Å². The number of nitrogens with zero attached hydrogens (tertiary/aromatic N) is 1. The Bertz CT molecular complexity index is 552. The first-order valence-electron chi connectivity index (χ1n) is 7.21. The highest BCUT2D eigenvalue weighted by atomic mass is 16.5. The maximum atomic E-state index is 5.68. The summed E-state index contributed by atoms with van der Waals surface area (Å²) >= 11 is 0. The van der Waals surface area contributed by atoms with Crippen LogP contribution in [0.15, 0.2) is 34.9 Å². The van der Waals surface area contributed by atoms with Crippen LogP contribution in [0.4, 0.5) is 0 Å².